The van der Waals surface area contributed by atoms with Crippen molar-refractivity contribution in [2.75, 3.05) is 0 Å². The van der Waals surface area contributed by atoms with Crippen molar-refractivity contribution >= 4 is 5.97 Å². The van der Waals surface area contributed by atoms with E-state index in [-0.39, 0.29) is 0 Å². The number of esters is 1. The highest BCUT2D eigenvalue weighted by molar-refractivity contribution is 5.75. The molecule has 0 saturated carbocycles. The zero-order valence-electron chi connectivity index (χ0n) is 12.6. The Labute approximate surface area is 120 Å². The molecule has 0 amide bonds. The summed E-state index contributed by atoms with van der Waals surface area (Å²) in [5, 5.41) is 0. The van der Waals surface area contributed by atoms with Gasteiger partial charge in [-0.1, -0.05) is 58.3 Å². The summed E-state index contributed by atoms with van der Waals surface area (Å²) in [4.78, 5) is 10.6. The van der Waals surface area contributed by atoms with Crippen molar-refractivity contribution in [2.24, 2.45) is 0 Å². The van der Waals surface area contributed by atoms with Crippen molar-refractivity contribution in [1.29, 1.82) is 0 Å². The lowest BCUT2D eigenvalue weighted by Crippen LogP contribution is -2.28. The van der Waals surface area contributed by atoms with Gasteiger partial charge in [-0.05, 0) is 19.8 Å². The van der Waals surface area contributed by atoms with Gasteiger partial charge in [-0.3, -0.25) is 0 Å². The number of halogens is 3. The third-order valence-corrected chi connectivity index (χ3v) is 3.25. The van der Waals surface area contributed by atoms with E-state index in [2.05, 4.69) is 11.7 Å². The fourth-order valence-corrected chi connectivity index (χ4v) is 2.05. The summed E-state index contributed by atoms with van der Waals surface area (Å²) in [6.45, 7) is 3.70. The predicted octanol–water partition coefficient (Wildman–Crippen LogP) is 5.40. The fraction of sp³-hybridized carbons (Fsp3) is 0.933. The molecule has 0 aliphatic heterocycles. The van der Waals surface area contributed by atoms with E-state index >= 15 is 0 Å². The van der Waals surface area contributed by atoms with Gasteiger partial charge >= 0.3 is 12.1 Å². The van der Waals surface area contributed by atoms with Gasteiger partial charge in [0.1, 0.15) is 0 Å². The average molecular weight is 296 g/mol. The van der Waals surface area contributed by atoms with E-state index < -0.39 is 18.2 Å². The smallest absolute Gasteiger partial charge is 0.456 e. The topological polar surface area (TPSA) is 26.3 Å². The van der Waals surface area contributed by atoms with Crippen molar-refractivity contribution in [3.05, 3.63) is 0 Å². The van der Waals surface area contributed by atoms with Crippen LogP contribution in [0.2, 0.25) is 0 Å². The predicted molar refractivity (Wildman–Crippen MR) is 73.5 cm³/mol. The van der Waals surface area contributed by atoms with E-state index in [1.165, 1.54) is 45.4 Å². The molecular weight excluding hydrogens is 269 g/mol. The van der Waals surface area contributed by atoms with Crippen molar-refractivity contribution in [2.45, 2.75) is 90.3 Å². The lowest BCUT2D eigenvalue weighted by molar-refractivity contribution is -0.204. The minimum absolute atomic E-state index is 0.498. The van der Waals surface area contributed by atoms with Crippen LogP contribution in [0.3, 0.4) is 0 Å². The molecule has 0 rings (SSSR count). The summed E-state index contributed by atoms with van der Waals surface area (Å²) in [6.07, 6.45) is 5.37. The first-order valence-electron chi connectivity index (χ1n) is 7.65. The van der Waals surface area contributed by atoms with Crippen molar-refractivity contribution < 1.29 is 22.7 Å². The van der Waals surface area contributed by atoms with Gasteiger partial charge in [0.2, 0.25) is 0 Å². The van der Waals surface area contributed by atoms with Crippen LogP contribution in [0, 0.1) is 0 Å². The van der Waals surface area contributed by atoms with Crippen LogP contribution in [0.15, 0.2) is 0 Å². The lowest BCUT2D eigenvalue weighted by Gasteiger charge is -2.14. The van der Waals surface area contributed by atoms with Crippen LogP contribution in [0.25, 0.3) is 0 Å². The van der Waals surface area contributed by atoms with E-state index in [4.69, 9.17) is 0 Å². The van der Waals surface area contributed by atoms with Crippen molar-refractivity contribution in [1.82, 2.24) is 0 Å². The number of rotatable bonds is 11. The van der Waals surface area contributed by atoms with Gasteiger partial charge in [-0.25, -0.2) is 4.79 Å². The van der Waals surface area contributed by atoms with Crippen LogP contribution >= 0.6 is 0 Å². The number of ether oxygens (including phenoxy) is 1. The number of hydrogen-bond donors (Lipinski definition) is 0. The molecule has 1 atom stereocenters. The molecule has 0 aromatic carbocycles. The minimum atomic E-state index is -4.88. The summed E-state index contributed by atoms with van der Waals surface area (Å²) < 4.78 is 40.2. The Morgan fingerprint density at radius 2 is 1.40 bits per heavy atom. The summed E-state index contributed by atoms with van der Waals surface area (Å²) in [5.41, 5.74) is 0. The third kappa shape index (κ3) is 11.1. The molecule has 0 aliphatic rings. The van der Waals surface area contributed by atoms with Gasteiger partial charge in [0.25, 0.3) is 0 Å². The Hall–Kier alpha value is -0.740. The van der Waals surface area contributed by atoms with E-state index in [9.17, 15) is 18.0 Å². The number of alkyl halides is 3. The number of carbonyl (C=O) groups is 1. The molecule has 0 heterocycles. The molecular formula is C15H27F3O2. The van der Waals surface area contributed by atoms with Crippen molar-refractivity contribution in [3.8, 4) is 0 Å². The molecule has 120 valence electrons. The fourth-order valence-electron chi connectivity index (χ4n) is 2.05. The molecule has 0 N–H and O–H groups in total. The van der Waals surface area contributed by atoms with Crippen LogP contribution in [0.4, 0.5) is 13.2 Å². The summed E-state index contributed by atoms with van der Waals surface area (Å²) >= 11 is 0. The molecule has 0 aromatic rings. The molecule has 0 aliphatic carbocycles. The quantitative estimate of drug-likeness (QED) is 0.377. The van der Waals surface area contributed by atoms with E-state index in [1.807, 2.05) is 0 Å². The molecule has 1 unspecified atom stereocenters. The molecule has 0 spiro atoms. The first kappa shape index (κ1) is 19.3. The Bertz CT molecular complexity index is 252. The lowest BCUT2D eigenvalue weighted by atomic mass is 10.1. The van der Waals surface area contributed by atoms with Gasteiger partial charge in [-0.2, -0.15) is 13.2 Å². The molecule has 20 heavy (non-hydrogen) atoms. The summed E-state index contributed by atoms with van der Waals surface area (Å²) in [6, 6.07) is 0. The maximum absolute atomic E-state index is 12.0. The first-order chi connectivity index (χ1) is 9.38. The van der Waals surface area contributed by atoms with E-state index in [1.54, 1.807) is 0 Å². The molecule has 0 fully saturated rings. The minimum Gasteiger partial charge on any atom is -0.456 e. The van der Waals surface area contributed by atoms with Gasteiger partial charge in [-0.15, -0.1) is 0 Å². The number of hydrogen-bond acceptors (Lipinski definition) is 2. The first-order valence-corrected chi connectivity index (χ1v) is 7.65. The third-order valence-electron chi connectivity index (χ3n) is 3.25. The van der Waals surface area contributed by atoms with Crippen LogP contribution in [0.5, 0.6) is 0 Å². The maximum Gasteiger partial charge on any atom is 0.490 e. The van der Waals surface area contributed by atoms with Crippen molar-refractivity contribution in [3.63, 3.8) is 0 Å². The molecule has 0 aromatic heterocycles. The van der Waals surface area contributed by atoms with Gasteiger partial charge in [0, 0.05) is 0 Å². The standard InChI is InChI=1S/C15H27F3O2/c1-3-4-5-6-7-8-9-10-11-12-13(2)20-14(19)15(16,17)18/h13H,3-12H2,1-2H3. The highest BCUT2D eigenvalue weighted by atomic mass is 19.4. The zero-order chi connectivity index (χ0) is 15.4. The number of carbonyl (C=O) groups excluding carboxylic acids is 1. The van der Waals surface area contributed by atoms with Crippen LogP contribution < -0.4 is 0 Å². The maximum atomic E-state index is 12.0. The average Bonchev–Trinajstić information content (AvgIpc) is 2.35. The van der Waals surface area contributed by atoms with Gasteiger partial charge < -0.3 is 4.74 Å². The van der Waals surface area contributed by atoms with Gasteiger partial charge in [0.15, 0.2) is 0 Å². The largest absolute Gasteiger partial charge is 0.490 e. The second kappa shape index (κ2) is 11.0. The second-order valence-electron chi connectivity index (χ2n) is 5.33. The zero-order valence-corrected chi connectivity index (χ0v) is 12.6. The Morgan fingerprint density at radius 1 is 0.950 bits per heavy atom. The molecule has 0 saturated heterocycles. The van der Waals surface area contributed by atoms with E-state index in [0.29, 0.717) is 6.42 Å². The summed E-state index contributed by atoms with van der Waals surface area (Å²) in [7, 11) is 0. The van der Waals surface area contributed by atoms with Gasteiger partial charge in [0.05, 0.1) is 6.10 Å². The molecule has 2 nitrogen and oxygen atoms in total. The monoisotopic (exact) mass is 296 g/mol. The summed E-state index contributed by atoms with van der Waals surface area (Å²) in [5.74, 6) is -2.08. The van der Waals surface area contributed by atoms with Crippen LogP contribution in [-0.2, 0) is 9.53 Å². The van der Waals surface area contributed by atoms with Crippen LogP contribution in [0.1, 0.15) is 78.1 Å². The molecule has 0 bridgehead atoms. The Kier molecular flexibility index (Phi) is 10.6. The molecule has 0 radical (unpaired) electrons. The SMILES string of the molecule is CCCCCCCCCCCC(C)OC(=O)C(F)(F)F. The highest BCUT2D eigenvalue weighted by Gasteiger charge is 2.41. The second-order valence-corrected chi connectivity index (χ2v) is 5.33. The van der Waals surface area contributed by atoms with E-state index in [0.717, 1.165) is 19.3 Å². The molecule has 5 heteroatoms. The highest BCUT2D eigenvalue weighted by Crippen LogP contribution is 2.19. The van der Waals surface area contributed by atoms with Crippen LogP contribution in [-0.4, -0.2) is 18.2 Å². The Balaban J connectivity index is 3.40. The Morgan fingerprint density at radius 3 is 1.85 bits per heavy atom. The normalized spacial score (nSPS) is 13.2. The number of unbranched alkanes of at least 4 members (excludes halogenated alkanes) is 8.